The highest BCUT2D eigenvalue weighted by molar-refractivity contribution is 6.33. The molecule has 0 saturated heterocycles. The van der Waals surface area contributed by atoms with E-state index in [1.165, 1.54) is 0 Å². The number of para-hydroxylation sites is 2. The normalized spacial score (nSPS) is 17.5. The molecule has 0 radical (unpaired) electrons. The Morgan fingerprint density at radius 1 is 1.06 bits per heavy atom. The first kappa shape index (κ1) is 19.2. The number of benzene rings is 2. The molecule has 0 unspecified atom stereocenters. The van der Waals surface area contributed by atoms with Crippen LogP contribution in [0.4, 0.5) is 5.69 Å². The molecular formula is C23H22N4O4. The van der Waals surface area contributed by atoms with E-state index in [2.05, 4.69) is 15.3 Å². The average molecular weight is 418 g/mol. The second-order valence-electron chi connectivity index (χ2n) is 7.74. The summed E-state index contributed by atoms with van der Waals surface area (Å²) in [4.78, 5) is 35.7. The zero-order chi connectivity index (χ0) is 21.8. The van der Waals surface area contributed by atoms with Gasteiger partial charge in [-0.2, -0.15) is 0 Å². The van der Waals surface area contributed by atoms with E-state index in [0.29, 0.717) is 34.4 Å². The van der Waals surface area contributed by atoms with E-state index >= 15 is 0 Å². The molecule has 2 aliphatic rings. The van der Waals surface area contributed by atoms with Crippen LogP contribution in [0.2, 0.25) is 0 Å². The number of aromatic nitrogens is 2. The van der Waals surface area contributed by atoms with Gasteiger partial charge >= 0.3 is 0 Å². The van der Waals surface area contributed by atoms with Crippen LogP contribution in [0, 0.1) is 0 Å². The number of carbonyl (C=O) groups excluding carboxylic acids is 2. The molecule has 1 saturated carbocycles. The number of imidazole rings is 1. The molecule has 2 heterocycles. The van der Waals surface area contributed by atoms with Crippen molar-refractivity contribution in [3.63, 3.8) is 0 Å². The number of hydrogen-bond donors (Lipinski definition) is 2. The predicted molar refractivity (Wildman–Crippen MR) is 116 cm³/mol. The standard InChI is InChI=1S/C23H22N4O4/c1-24-22-19(21-25-17-6-4-5-7-18(17)26-21)20(29)23(11-14(28)12-23)27(22)13-8-15(30-2)10-16(9-13)31-3/h4-10,24H,11-12H2,1-3H3,(H,25,26). The summed E-state index contributed by atoms with van der Waals surface area (Å²) in [6.45, 7) is 0. The van der Waals surface area contributed by atoms with E-state index in [1.807, 2.05) is 41.3 Å². The second kappa shape index (κ2) is 6.87. The van der Waals surface area contributed by atoms with Crippen molar-refractivity contribution < 1.29 is 19.1 Å². The molecule has 5 rings (SSSR count). The van der Waals surface area contributed by atoms with Crippen LogP contribution < -0.4 is 19.7 Å². The lowest BCUT2D eigenvalue weighted by Crippen LogP contribution is -2.60. The number of hydrogen-bond acceptors (Lipinski definition) is 7. The molecule has 8 heteroatoms. The van der Waals surface area contributed by atoms with Crippen molar-refractivity contribution in [2.75, 3.05) is 26.2 Å². The Bertz CT molecular complexity index is 1200. The second-order valence-corrected chi connectivity index (χ2v) is 7.74. The Kier molecular flexibility index (Phi) is 4.25. The SMILES string of the molecule is CNC1=C(c2nc3ccccc3[nH]2)C(=O)C2(CC(=O)C2)N1c1cc(OC)cc(OC)c1. The number of fused-ring (bicyclic) bond motifs is 1. The van der Waals surface area contributed by atoms with Crippen LogP contribution in [0.3, 0.4) is 0 Å². The molecule has 3 aromatic rings. The number of nitrogens with zero attached hydrogens (tertiary/aromatic N) is 2. The molecule has 0 bridgehead atoms. The largest absolute Gasteiger partial charge is 0.497 e. The summed E-state index contributed by atoms with van der Waals surface area (Å²) in [5, 5.41) is 3.18. The number of ether oxygens (including phenoxy) is 2. The first-order valence-electron chi connectivity index (χ1n) is 9.97. The van der Waals surface area contributed by atoms with Crippen LogP contribution in [0.15, 0.2) is 48.3 Å². The molecule has 8 nitrogen and oxygen atoms in total. The Morgan fingerprint density at radius 3 is 2.32 bits per heavy atom. The van der Waals surface area contributed by atoms with Gasteiger partial charge in [0.15, 0.2) is 5.78 Å². The van der Waals surface area contributed by atoms with Crippen LogP contribution in [-0.2, 0) is 9.59 Å². The van der Waals surface area contributed by atoms with Gasteiger partial charge in [0, 0.05) is 38.1 Å². The molecule has 0 atom stereocenters. The van der Waals surface area contributed by atoms with Crippen molar-refractivity contribution in [2.24, 2.45) is 0 Å². The van der Waals surface area contributed by atoms with E-state index < -0.39 is 5.54 Å². The van der Waals surface area contributed by atoms with Crippen LogP contribution in [0.5, 0.6) is 11.5 Å². The fourth-order valence-corrected chi connectivity index (χ4v) is 4.51. The van der Waals surface area contributed by atoms with Gasteiger partial charge in [-0.1, -0.05) is 12.1 Å². The Balaban J connectivity index is 1.73. The van der Waals surface area contributed by atoms with E-state index in [9.17, 15) is 9.59 Å². The minimum absolute atomic E-state index is 0.0505. The van der Waals surface area contributed by atoms with Crippen molar-refractivity contribution in [1.29, 1.82) is 0 Å². The van der Waals surface area contributed by atoms with E-state index in [0.717, 1.165) is 11.0 Å². The van der Waals surface area contributed by atoms with Crippen molar-refractivity contribution in [3.05, 3.63) is 54.1 Å². The third-order valence-corrected chi connectivity index (χ3v) is 5.97. The molecule has 158 valence electrons. The molecule has 31 heavy (non-hydrogen) atoms. The number of H-pyrrole nitrogens is 1. The fraction of sp³-hybridized carbons (Fsp3) is 0.261. The number of Topliss-reactive ketones (excluding diaryl/α,β-unsaturated/α-hetero) is 2. The molecule has 0 amide bonds. The number of carbonyl (C=O) groups is 2. The lowest BCUT2D eigenvalue weighted by Gasteiger charge is -2.45. The summed E-state index contributed by atoms with van der Waals surface area (Å²) in [5.41, 5.74) is 1.77. The molecule has 1 aliphatic heterocycles. The molecule has 1 aliphatic carbocycles. The highest BCUT2D eigenvalue weighted by Crippen LogP contribution is 2.50. The summed E-state index contributed by atoms with van der Waals surface area (Å²) < 4.78 is 10.9. The quantitative estimate of drug-likeness (QED) is 0.658. The first-order chi connectivity index (χ1) is 15.0. The predicted octanol–water partition coefficient (Wildman–Crippen LogP) is 2.66. The van der Waals surface area contributed by atoms with Crippen molar-refractivity contribution in [1.82, 2.24) is 15.3 Å². The van der Waals surface area contributed by atoms with Crippen LogP contribution >= 0.6 is 0 Å². The Hall–Kier alpha value is -3.81. The number of methoxy groups -OCH3 is 2. The number of anilines is 1. The third-order valence-electron chi connectivity index (χ3n) is 5.97. The van der Waals surface area contributed by atoms with E-state index in [4.69, 9.17) is 9.47 Å². The Morgan fingerprint density at radius 2 is 1.74 bits per heavy atom. The lowest BCUT2D eigenvalue weighted by atomic mass is 9.71. The van der Waals surface area contributed by atoms with Crippen LogP contribution in [0.25, 0.3) is 16.6 Å². The molecule has 2 N–H and O–H groups in total. The fourth-order valence-electron chi connectivity index (χ4n) is 4.51. The molecule has 2 aromatic carbocycles. The third kappa shape index (κ3) is 2.71. The van der Waals surface area contributed by atoms with Gasteiger partial charge in [-0.25, -0.2) is 4.98 Å². The van der Waals surface area contributed by atoms with Gasteiger partial charge in [-0.15, -0.1) is 0 Å². The summed E-state index contributed by atoms with van der Waals surface area (Å²) in [5.74, 6) is 2.18. The summed E-state index contributed by atoms with van der Waals surface area (Å²) in [6, 6.07) is 13.0. The maximum atomic E-state index is 13.8. The van der Waals surface area contributed by atoms with Gasteiger partial charge in [-0.3, -0.25) is 9.59 Å². The van der Waals surface area contributed by atoms with Gasteiger partial charge in [-0.05, 0) is 12.1 Å². The van der Waals surface area contributed by atoms with E-state index in [1.54, 1.807) is 27.3 Å². The van der Waals surface area contributed by atoms with Gasteiger partial charge in [0.25, 0.3) is 0 Å². The number of aromatic amines is 1. The number of nitrogens with one attached hydrogen (secondary N) is 2. The van der Waals surface area contributed by atoms with Gasteiger partial charge in [0.05, 0.1) is 30.9 Å². The van der Waals surface area contributed by atoms with E-state index in [-0.39, 0.29) is 24.4 Å². The first-order valence-corrected chi connectivity index (χ1v) is 9.97. The number of ketones is 2. The molecule has 1 spiro atoms. The number of rotatable bonds is 5. The van der Waals surface area contributed by atoms with Gasteiger partial charge in [0.1, 0.15) is 40.0 Å². The lowest BCUT2D eigenvalue weighted by molar-refractivity contribution is -0.135. The zero-order valence-electron chi connectivity index (χ0n) is 17.5. The summed E-state index contributed by atoms with van der Waals surface area (Å²) in [6.07, 6.45) is 0.278. The molecular weight excluding hydrogens is 396 g/mol. The van der Waals surface area contributed by atoms with Crippen molar-refractivity contribution in [2.45, 2.75) is 18.4 Å². The van der Waals surface area contributed by atoms with Gasteiger partial charge < -0.3 is 24.7 Å². The summed E-state index contributed by atoms with van der Waals surface area (Å²) in [7, 11) is 4.91. The Labute approximate surface area is 178 Å². The minimum Gasteiger partial charge on any atom is -0.497 e. The highest BCUT2D eigenvalue weighted by Gasteiger charge is 2.61. The topological polar surface area (TPSA) is 96.5 Å². The monoisotopic (exact) mass is 418 g/mol. The zero-order valence-corrected chi connectivity index (χ0v) is 17.5. The molecule has 1 aromatic heterocycles. The maximum Gasteiger partial charge on any atom is 0.197 e. The van der Waals surface area contributed by atoms with Crippen molar-refractivity contribution >= 4 is 33.9 Å². The average Bonchev–Trinajstić information content (AvgIpc) is 3.29. The van der Waals surface area contributed by atoms with Crippen LogP contribution in [0.1, 0.15) is 18.7 Å². The molecule has 1 fully saturated rings. The minimum atomic E-state index is -0.985. The van der Waals surface area contributed by atoms with Gasteiger partial charge in [0.2, 0.25) is 0 Å². The summed E-state index contributed by atoms with van der Waals surface area (Å²) >= 11 is 0. The smallest absolute Gasteiger partial charge is 0.197 e. The van der Waals surface area contributed by atoms with Crippen LogP contribution in [-0.4, -0.2) is 48.3 Å². The van der Waals surface area contributed by atoms with Crippen molar-refractivity contribution in [3.8, 4) is 11.5 Å². The maximum absolute atomic E-state index is 13.8. The highest BCUT2D eigenvalue weighted by atomic mass is 16.5.